The molecular formula is C11H11NO2. The third kappa shape index (κ3) is 3.25. The third-order valence-electron chi connectivity index (χ3n) is 1.69. The smallest absolute Gasteiger partial charge is 0.235 e. The number of methoxy groups -OCH3 is 1. The van der Waals surface area contributed by atoms with E-state index in [1.165, 1.54) is 6.08 Å². The molecule has 0 amide bonds. The average molecular weight is 189 g/mol. The standard InChI is InChI=1S/C11H11NO2/c1-14-11-6-4-10(5-7-11)3-2-8-12-9-13/h2-7H,8H2,1H3/b3-2-. The van der Waals surface area contributed by atoms with Gasteiger partial charge in [-0.15, -0.1) is 0 Å². The molecule has 3 heteroatoms. The van der Waals surface area contributed by atoms with Crippen LogP contribution in [0.1, 0.15) is 5.56 Å². The second kappa shape index (κ2) is 5.73. The number of carbonyl (C=O) groups excluding carboxylic acids is 1. The van der Waals surface area contributed by atoms with Gasteiger partial charge in [0, 0.05) is 0 Å². The normalized spacial score (nSPS) is 9.79. The van der Waals surface area contributed by atoms with Crippen molar-refractivity contribution in [3.05, 3.63) is 35.9 Å². The van der Waals surface area contributed by atoms with Gasteiger partial charge in [-0.3, -0.25) is 0 Å². The van der Waals surface area contributed by atoms with Crippen LogP contribution in [0.15, 0.2) is 35.3 Å². The van der Waals surface area contributed by atoms with Gasteiger partial charge in [-0.05, 0) is 17.7 Å². The Hall–Kier alpha value is -1.86. The Bertz CT molecular complexity index is 348. The fourth-order valence-electron chi connectivity index (χ4n) is 0.994. The van der Waals surface area contributed by atoms with Crippen LogP contribution in [0.3, 0.4) is 0 Å². The maximum Gasteiger partial charge on any atom is 0.235 e. The van der Waals surface area contributed by atoms with Gasteiger partial charge in [0.1, 0.15) is 5.75 Å². The van der Waals surface area contributed by atoms with Crippen LogP contribution in [0.2, 0.25) is 0 Å². The third-order valence-corrected chi connectivity index (χ3v) is 1.69. The van der Waals surface area contributed by atoms with Crippen molar-refractivity contribution in [3.8, 4) is 5.75 Å². The van der Waals surface area contributed by atoms with E-state index in [1.54, 1.807) is 13.2 Å². The summed E-state index contributed by atoms with van der Waals surface area (Å²) in [7, 11) is 1.63. The van der Waals surface area contributed by atoms with Crippen molar-refractivity contribution in [2.45, 2.75) is 0 Å². The molecule has 0 spiro atoms. The Morgan fingerprint density at radius 3 is 2.71 bits per heavy atom. The number of nitrogens with zero attached hydrogens (tertiary/aromatic N) is 1. The minimum atomic E-state index is 0.371. The van der Waals surface area contributed by atoms with Crippen LogP contribution >= 0.6 is 0 Å². The molecule has 0 saturated carbocycles. The first kappa shape index (κ1) is 10.2. The number of aliphatic imine (C=N–C) groups is 1. The van der Waals surface area contributed by atoms with E-state index < -0.39 is 0 Å². The van der Waals surface area contributed by atoms with Crippen LogP contribution in [-0.2, 0) is 4.79 Å². The Morgan fingerprint density at radius 2 is 2.14 bits per heavy atom. The quantitative estimate of drug-likeness (QED) is 0.537. The van der Waals surface area contributed by atoms with Gasteiger partial charge in [0.05, 0.1) is 13.7 Å². The van der Waals surface area contributed by atoms with Crippen molar-refractivity contribution >= 4 is 12.2 Å². The molecule has 0 heterocycles. The van der Waals surface area contributed by atoms with E-state index in [0.29, 0.717) is 6.54 Å². The minimum Gasteiger partial charge on any atom is -0.497 e. The zero-order chi connectivity index (χ0) is 10.2. The Kier molecular flexibility index (Phi) is 4.18. The second-order valence-electron chi connectivity index (χ2n) is 2.61. The number of hydrogen-bond acceptors (Lipinski definition) is 3. The monoisotopic (exact) mass is 189 g/mol. The fourth-order valence-corrected chi connectivity index (χ4v) is 0.994. The Balaban J connectivity index is 2.59. The molecule has 0 aliphatic rings. The number of benzene rings is 1. The maximum absolute atomic E-state index is 9.76. The molecule has 0 aliphatic carbocycles. The summed E-state index contributed by atoms with van der Waals surface area (Å²) in [5.74, 6) is 0.827. The molecule has 0 bridgehead atoms. The first-order valence-corrected chi connectivity index (χ1v) is 4.21. The SMILES string of the molecule is COc1ccc(/C=C\CN=C=O)cc1. The summed E-state index contributed by atoms with van der Waals surface area (Å²) >= 11 is 0. The molecular weight excluding hydrogens is 178 g/mol. The lowest BCUT2D eigenvalue weighted by Gasteiger charge is -1.98. The van der Waals surface area contributed by atoms with E-state index in [9.17, 15) is 4.79 Å². The molecule has 0 aliphatic heterocycles. The highest BCUT2D eigenvalue weighted by atomic mass is 16.5. The van der Waals surface area contributed by atoms with E-state index in [4.69, 9.17) is 4.74 Å². The summed E-state index contributed by atoms with van der Waals surface area (Å²) in [6.45, 7) is 0.371. The molecule has 0 radical (unpaired) electrons. The van der Waals surface area contributed by atoms with E-state index in [0.717, 1.165) is 11.3 Å². The molecule has 0 unspecified atom stereocenters. The van der Waals surface area contributed by atoms with Crippen molar-refractivity contribution in [2.75, 3.05) is 13.7 Å². The van der Waals surface area contributed by atoms with Gasteiger partial charge in [-0.25, -0.2) is 9.79 Å². The van der Waals surface area contributed by atoms with E-state index in [1.807, 2.05) is 30.3 Å². The molecule has 0 N–H and O–H groups in total. The largest absolute Gasteiger partial charge is 0.497 e. The fraction of sp³-hybridized carbons (Fsp3) is 0.182. The topological polar surface area (TPSA) is 38.7 Å². The molecule has 0 aromatic heterocycles. The maximum atomic E-state index is 9.76. The van der Waals surface area contributed by atoms with Gasteiger partial charge in [0.2, 0.25) is 6.08 Å². The Labute approximate surface area is 82.7 Å². The minimum absolute atomic E-state index is 0.371. The van der Waals surface area contributed by atoms with Crippen LogP contribution in [0.25, 0.3) is 6.08 Å². The van der Waals surface area contributed by atoms with Crippen LogP contribution in [0.4, 0.5) is 0 Å². The summed E-state index contributed by atoms with van der Waals surface area (Å²) in [4.78, 5) is 13.2. The second-order valence-corrected chi connectivity index (χ2v) is 2.61. The van der Waals surface area contributed by atoms with E-state index >= 15 is 0 Å². The summed E-state index contributed by atoms with van der Waals surface area (Å²) in [5, 5.41) is 0. The summed E-state index contributed by atoms with van der Waals surface area (Å²) in [6, 6.07) is 7.62. The van der Waals surface area contributed by atoms with Crippen LogP contribution < -0.4 is 4.74 Å². The highest BCUT2D eigenvalue weighted by Gasteiger charge is 1.88. The first-order valence-electron chi connectivity index (χ1n) is 4.21. The summed E-state index contributed by atoms with van der Waals surface area (Å²) in [5.41, 5.74) is 1.05. The average Bonchev–Trinajstić information content (AvgIpc) is 2.25. The Morgan fingerprint density at radius 1 is 1.43 bits per heavy atom. The van der Waals surface area contributed by atoms with Crippen LogP contribution in [-0.4, -0.2) is 19.7 Å². The predicted octanol–water partition coefficient (Wildman–Crippen LogP) is 2.04. The van der Waals surface area contributed by atoms with Crippen molar-refractivity contribution in [1.29, 1.82) is 0 Å². The highest BCUT2D eigenvalue weighted by Crippen LogP contribution is 2.11. The van der Waals surface area contributed by atoms with E-state index in [2.05, 4.69) is 4.99 Å². The zero-order valence-electron chi connectivity index (χ0n) is 7.93. The molecule has 0 saturated heterocycles. The molecule has 72 valence electrons. The lowest BCUT2D eigenvalue weighted by molar-refractivity contribution is 0.415. The van der Waals surface area contributed by atoms with Gasteiger partial charge in [-0.2, -0.15) is 0 Å². The van der Waals surface area contributed by atoms with Gasteiger partial charge in [-0.1, -0.05) is 24.3 Å². The van der Waals surface area contributed by atoms with Crippen molar-refractivity contribution in [2.24, 2.45) is 4.99 Å². The van der Waals surface area contributed by atoms with Crippen molar-refractivity contribution < 1.29 is 9.53 Å². The lowest BCUT2D eigenvalue weighted by atomic mass is 10.2. The molecule has 1 aromatic rings. The lowest BCUT2D eigenvalue weighted by Crippen LogP contribution is -1.81. The molecule has 14 heavy (non-hydrogen) atoms. The van der Waals surface area contributed by atoms with Gasteiger partial charge < -0.3 is 4.74 Å². The highest BCUT2D eigenvalue weighted by molar-refractivity contribution is 5.51. The van der Waals surface area contributed by atoms with Gasteiger partial charge in [0.25, 0.3) is 0 Å². The van der Waals surface area contributed by atoms with Crippen molar-refractivity contribution in [3.63, 3.8) is 0 Å². The molecule has 1 rings (SSSR count). The summed E-state index contributed by atoms with van der Waals surface area (Å²) < 4.78 is 5.02. The zero-order valence-corrected chi connectivity index (χ0v) is 7.93. The van der Waals surface area contributed by atoms with Crippen LogP contribution in [0.5, 0.6) is 5.75 Å². The van der Waals surface area contributed by atoms with Crippen molar-refractivity contribution in [1.82, 2.24) is 0 Å². The molecule has 1 aromatic carbocycles. The van der Waals surface area contributed by atoms with E-state index in [-0.39, 0.29) is 0 Å². The number of isocyanates is 1. The van der Waals surface area contributed by atoms with Crippen LogP contribution in [0, 0.1) is 0 Å². The van der Waals surface area contributed by atoms with Gasteiger partial charge >= 0.3 is 0 Å². The first-order chi connectivity index (χ1) is 6.86. The molecule has 0 atom stereocenters. The predicted molar refractivity (Wildman–Crippen MR) is 55.0 cm³/mol. The number of ether oxygens (including phenoxy) is 1. The molecule has 3 nitrogen and oxygen atoms in total. The summed E-state index contributed by atoms with van der Waals surface area (Å²) in [6.07, 6.45) is 5.16. The molecule has 0 fully saturated rings. The number of hydrogen-bond donors (Lipinski definition) is 0. The van der Waals surface area contributed by atoms with Gasteiger partial charge in [0.15, 0.2) is 0 Å². The number of rotatable bonds is 4.